The van der Waals surface area contributed by atoms with Crippen molar-refractivity contribution in [1.82, 2.24) is 15.0 Å². The molecule has 0 fully saturated rings. The van der Waals surface area contributed by atoms with Crippen molar-refractivity contribution in [3.63, 3.8) is 0 Å². The molecule has 84 valence electrons. The predicted octanol–water partition coefficient (Wildman–Crippen LogP) is 1.85. The molecule has 1 heterocycles. The van der Waals surface area contributed by atoms with Crippen LogP contribution in [0.25, 0.3) is 0 Å². The average molecular weight is 227 g/mol. The first-order chi connectivity index (χ1) is 7.30. The van der Waals surface area contributed by atoms with Crippen molar-refractivity contribution >= 4 is 23.7 Å². The van der Waals surface area contributed by atoms with Gasteiger partial charge in [-0.05, 0) is 19.6 Å². The third-order valence-electron chi connectivity index (χ3n) is 1.67. The van der Waals surface area contributed by atoms with E-state index in [2.05, 4.69) is 32.5 Å². The van der Waals surface area contributed by atoms with Gasteiger partial charge >= 0.3 is 0 Å². The molecule has 0 bridgehead atoms. The van der Waals surface area contributed by atoms with Crippen LogP contribution in [-0.2, 0) is 0 Å². The van der Waals surface area contributed by atoms with Crippen molar-refractivity contribution in [2.45, 2.75) is 25.4 Å². The van der Waals surface area contributed by atoms with E-state index in [-0.39, 0.29) is 0 Å². The lowest BCUT2D eigenvalue weighted by Gasteiger charge is -2.07. The van der Waals surface area contributed by atoms with Gasteiger partial charge in [-0.1, -0.05) is 18.7 Å². The summed E-state index contributed by atoms with van der Waals surface area (Å²) >= 11 is 1.51. The van der Waals surface area contributed by atoms with E-state index in [1.807, 2.05) is 13.2 Å². The van der Waals surface area contributed by atoms with Crippen LogP contribution in [0.2, 0.25) is 0 Å². The molecule has 1 aromatic rings. The van der Waals surface area contributed by atoms with Crippen LogP contribution in [0.5, 0.6) is 0 Å². The van der Waals surface area contributed by atoms with Crippen LogP contribution < -0.4 is 10.6 Å². The van der Waals surface area contributed by atoms with E-state index in [1.54, 1.807) is 0 Å². The minimum Gasteiger partial charge on any atom is -0.354 e. The van der Waals surface area contributed by atoms with Gasteiger partial charge in [-0.3, -0.25) is 0 Å². The van der Waals surface area contributed by atoms with E-state index in [1.165, 1.54) is 11.8 Å². The van der Waals surface area contributed by atoms with Crippen LogP contribution >= 0.6 is 11.8 Å². The highest BCUT2D eigenvalue weighted by Gasteiger charge is 2.03. The Morgan fingerprint density at radius 1 is 1.07 bits per heavy atom. The molecule has 0 amide bonds. The normalized spacial score (nSPS) is 10.1. The second-order valence-electron chi connectivity index (χ2n) is 2.93. The predicted molar refractivity (Wildman–Crippen MR) is 64.6 cm³/mol. The van der Waals surface area contributed by atoms with Gasteiger partial charge in [-0.25, -0.2) is 0 Å². The molecule has 0 saturated heterocycles. The zero-order chi connectivity index (χ0) is 11.1. The smallest absolute Gasteiger partial charge is 0.228 e. The molecule has 0 unspecified atom stereocenters. The highest BCUT2D eigenvalue weighted by molar-refractivity contribution is 7.98. The number of aromatic nitrogens is 3. The fourth-order valence-electron chi connectivity index (χ4n) is 1.00. The summed E-state index contributed by atoms with van der Waals surface area (Å²) in [5.74, 6) is 1.28. The Balaban J connectivity index is 2.79. The molecule has 1 rings (SSSR count). The van der Waals surface area contributed by atoms with Crippen molar-refractivity contribution in [2.75, 3.05) is 30.0 Å². The minimum absolute atomic E-state index is 0.635. The van der Waals surface area contributed by atoms with Crippen molar-refractivity contribution in [3.05, 3.63) is 0 Å². The van der Waals surface area contributed by atoms with E-state index < -0.39 is 0 Å². The second-order valence-corrected chi connectivity index (χ2v) is 3.70. The van der Waals surface area contributed by atoms with Gasteiger partial charge in [0, 0.05) is 13.1 Å². The number of hydrogen-bond donors (Lipinski definition) is 2. The van der Waals surface area contributed by atoms with Gasteiger partial charge < -0.3 is 10.6 Å². The lowest BCUT2D eigenvalue weighted by molar-refractivity contribution is 0.877. The molecule has 0 aliphatic rings. The SMILES string of the molecule is CCCNc1nc(NCC)nc(SC)n1. The van der Waals surface area contributed by atoms with Gasteiger partial charge in [0.05, 0.1) is 0 Å². The Bertz CT molecular complexity index is 305. The Kier molecular flexibility index (Phi) is 5.17. The molecule has 2 N–H and O–H groups in total. The molecule has 1 aromatic heterocycles. The summed E-state index contributed by atoms with van der Waals surface area (Å²) in [6.07, 6.45) is 3.01. The zero-order valence-electron chi connectivity index (χ0n) is 9.37. The van der Waals surface area contributed by atoms with Gasteiger partial charge in [0.1, 0.15) is 0 Å². The maximum Gasteiger partial charge on any atom is 0.228 e. The summed E-state index contributed by atoms with van der Waals surface area (Å²) in [7, 11) is 0. The maximum absolute atomic E-state index is 4.26. The van der Waals surface area contributed by atoms with Gasteiger partial charge in [0.25, 0.3) is 0 Å². The van der Waals surface area contributed by atoms with Crippen LogP contribution in [-0.4, -0.2) is 34.3 Å². The van der Waals surface area contributed by atoms with Crippen molar-refractivity contribution < 1.29 is 0 Å². The summed E-state index contributed by atoms with van der Waals surface area (Å²) in [6, 6.07) is 0. The van der Waals surface area contributed by atoms with Crippen LogP contribution in [0.4, 0.5) is 11.9 Å². The summed E-state index contributed by atoms with van der Waals surface area (Å²) in [6.45, 7) is 5.81. The average Bonchev–Trinajstić information content (AvgIpc) is 2.26. The monoisotopic (exact) mass is 227 g/mol. The number of nitrogens with one attached hydrogen (secondary N) is 2. The number of thioether (sulfide) groups is 1. The quantitative estimate of drug-likeness (QED) is 0.723. The van der Waals surface area contributed by atoms with Gasteiger partial charge in [-0.15, -0.1) is 0 Å². The molecular weight excluding hydrogens is 210 g/mol. The van der Waals surface area contributed by atoms with Gasteiger partial charge in [0.2, 0.25) is 11.9 Å². The molecule has 6 heteroatoms. The highest BCUT2D eigenvalue weighted by Crippen LogP contribution is 2.13. The first-order valence-electron chi connectivity index (χ1n) is 5.08. The number of anilines is 2. The molecule has 0 aliphatic carbocycles. The van der Waals surface area contributed by atoms with E-state index in [0.29, 0.717) is 11.9 Å². The van der Waals surface area contributed by atoms with Crippen LogP contribution in [0.15, 0.2) is 5.16 Å². The lowest BCUT2D eigenvalue weighted by atomic mass is 10.5. The molecule has 0 radical (unpaired) electrons. The van der Waals surface area contributed by atoms with E-state index in [0.717, 1.165) is 24.7 Å². The number of rotatable bonds is 6. The van der Waals surface area contributed by atoms with Gasteiger partial charge in [0.15, 0.2) is 5.16 Å². The molecule has 0 saturated carbocycles. The molecular formula is C9H17N5S. The third kappa shape index (κ3) is 3.91. The number of hydrogen-bond acceptors (Lipinski definition) is 6. The second kappa shape index (κ2) is 6.44. The topological polar surface area (TPSA) is 62.7 Å². The van der Waals surface area contributed by atoms with E-state index in [9.17, 15) is 0 Å². The summed E-state index contributed by atoms with van der Waals surface area (Å²) in [5.41, 5.74) is 0. The Morgan fingerprint density at radius 2 is 1.73 bits per heavy atom. The van der Waals surface area contributed by atoms with Crippen LogP contribution in [0.3, 0.4) is 0 Å². The molecule has 0 aliphatic heterocycles. The first-order valence-corrected chi connectivity index (χ1v) is 6.30. The highest BCUT2D eigenvalue weighted by atomic mass is 32.2. The molecule has 0 atom stereocenters. The fraction of sp³-hybridized carbons (Fsp3) is 0.667. The Morgan fingerprint density at radius 3 is 2.27 bits per heavy atom. The zero-order valence-corrected chi connectivity index (χ0v) is 10.2. The van der Waals surface area contributed by atoms with E-state index in [4.69, 9.17) is 0 Å². The van der Waals surface area contributed by atoms with Crippen molar-refractivity contribution in [2.24, 2.45) is 0 Å². The summed E-state index contributed by atoms with van der Waals surface area (Å²) in [5, 5.41) is 6.97. The van der Waals surface area contributed by atoms with Crippen LogP contribution in [0, 0.1) is 0 Å². The standard InChI is InChI=1S/C9H17N5S/c1-4-6-11-8-12-7(10-5-2)13-9(14-8)15-3/h4-6H2,1-3H3,(H2,10,11,12,13,14). The van der Waals surface area contributed by atoms with Crippen molar-refractivity contribution in [3.8, 4) is 0 Å². The molecule has 0 spiro atoms. The fourth-order valence-corrected chi connectivity index (χ4v) is 1.36. The van der Waals surface area contributed by atoms with Gasteiger partial charge in [-0.2, -0.15) is 15.0 Å². The van der Waals surface area contributed by atoms with Crippen LogP contribution in [0.1, 0.15) is 20.3 Å². The molecule has 0 aromatic carbocycles. The van der Waals surface area contributed by atoms with Crippen molar-refractivity contribution in [1.29, 1.82) is 0 Å². The molecule has 5 nitrogen and oxygen atoms in total. The summed E-state index contributed by atoms with van der Waals surface area (Å²) < 4.78 is 0. The largest absolute Gasteiger partial charge is 0.354 e. The molecule has 15 heavy (non-hydrogen) atoms. The van der Waals surface area contributed by atoms with E-state index >= 15 is 0 Å². The first kappa shape index (κ1) is 12.0. The number of nitrogens with zero attached hydrogens (tertiary/aromatic N) is 3. The maximum atomic E-state index is 4.26. The lowest BCUT2D eigenvalue weighted by Crippen LogP contribution is -2.10. The third-order valence-corrected chi connectivity index (χ3v) is 2.21. The summed E-state index contributed by atoms with van der Waals surface area (Å²) in [4.78, 5) is 12.8. The minimum atomic E-state index is 0.635. The Hall–Kier alpha value is -1.04. The Labute approximate surface area is 94.5 Å².